The summed E-state index contributed by atoms with van der Waals surface area (Å²) in [4.78, 5) is 11.0. The highest BCUT2D eigenvalue weighted by molar-refractivity contribution is 5.72. The van der Waals surface area contributed by atoms with E-state index in [9.17, 15) is 4.79 Å². The average molecular weight is 207 g/mol. The van der Waals surface area contributed by atoms with E-state index < -0.39 is 0 Å². The SMILES string of the molecule is CCOC(=O)CC#Cc1c(N)n[nH]c1C. The number of carbonyl (C=O) groups is 1. The number of hydrogen-bond acceptors (Lipinski definition) is 4. The van der Waals surface area contributed by atoms with Gasteiger partial charge in [0.25, 0.3) is 0 Å². The van der Waals surface area contributed by atoms with Crippen molar-refractivity contribution >= 4 is 11.8 Å². The van der Waals surface area contributed by atoms with E-state index in [2.05, 4.69) is 22.0 Å². The third-order valence-corrected chi connectivity index (χ3v) is 1.73. The molecule has 0 aliphatic carbocycles. The van der Waals surface area contributed by atoms with Crippen LogP contribution < -0.4 is 5.73 Å². The summed E-state index contributed by atoms with van der Waals surface area (Å²) >= 11 is 0. The normalized spacial score (nSPS) is 9.20. The zero-order valence-corrected chi connectivity index (χ0v) is 8.76. The molecule has 1 rings (SSSR count). The van der Waals surface area contributed by atoms with Gasteiger partial charge in [-0.15, -0.1) is 0 Å². The maximum Gasteiger partial charge on any atom is 0.317 e. The molecule has 1 aromatic heterocycles. The topological polar surface area (TPSA) is 81.0 Å². The maximum absolute atomic E-state index is 11.0. The van der Waals surface area contributed by atoms with Gasteiger partial charge in [0.15, 0.2) is 5.82 Å². The number of nitrogens with one attached hydrogen (secondary N) is 1. The first-order valence-corrected chi connectivity index (χ1v) is 4.60. The first kappa shape index (κ1) is 11.1. The van der Waals surface area contributed by atoms with Crippen molar-refractivity contribution in [1.82, 2.24) is 10.2 Å². The molecule has 1 aromatic rings. The number of nitrogens with zero attached hydrogens (tertiary/aromatic N) is 1. The molecule has 0 spiro atoms. The molecule has 0 bridgehead atoms. The van der Waals surface area contributed by atoms with Gasteiger partial charge in [0.2, 0.25) is 0 Å². The highest BCUT2D eigenvalue weighted by Gasteiger charge is 2.03. The molecule has 3 N–H and O–H groups in total. The summed E-state index contributed by atoms with van der Waals surface area (Å²) in [6.45, 7) is 3.94. The van der Waals surface area contributed by atoms with E-state index in [4.69, 9.17) is 10.5 Å². The monoisotopic (exact) mass is 207 g/mol. The average Bonchev–Trinajstić information content (AvgIpc) is 2.49. The highest BCUT2D eigenvalue weighted by atomic mass is 16.5. The Morgan fingerprint density at radius 3 is 2.93 bits per heavy atom. The molecular weight excluding hydrogens is 194 g/mol. The number of ether oxygens (including phenoxy) is 1. The van der Waals surface area contributed by atoms with Gasteiger partial charge in [0.1, 0.15) is 6.42 Å². The van der Waals surface area contributed by atoms with Crippen molar-refractivity contribution in [3.8, 4) is 11.8 Å². The molecule has 0 saturated carbocycles. The lowest BCUT2D eigenvalue weighted by molar-refractivity contribution is -0.141. The number of aromatic amines is 1. The van der Waals surface area contributed by atoms with Gasteiger partial charge in [-0.2, -0.15) is 5.10 Å². The molecule has 1 heterocycles. The number of rotatable bonds is 2. The molecule has 0 aliphatic heterocycles. The smallest absolute Gasteiger partial charge is 0.317 e. The third-order valence-electron chi connectivity index (χ3n) is 1.73. The van der Waals surface area contributed by atoms with Crippen LogP contribution in [0.3, 0.4) is 0 Å². The number of anilines is 1. The standard InChI is InChI=1S/C10H13N3O2/c1-3-15-9(14)6-4-5-8-7(2)12-13-10(8)11/h3,6H2,1-2H3,(H3,11,12,13). The minimum absolute atomic E-state index is 0.0674. The van der Waals surface area contributed by atoms with Gasteiger partial charge in [0.05, 0.1) is 12.2 Å². The van der Waals surface area contributed by atoms with Crippen LogP contribution in [0.2, 0.25) is 0 Å². The fourth-order valence-corrected chi connectivity index (χ4v) is 1.02. The second-order valence-corrected chi connectivity index (χ2v) is 2.89. The van der Waals surface area contributed by atoms with Gasteiger partial charge in [-0.3, -0.25) is 9.89 Å². The number of aromatic nitrogens is 2. The lowest BCUT2D eigenvalue weighted by Gasteiger charge is -1.94. The second kappa shape index (κ2) is 5.05. The van der Waals surface area contributed by atoms with Crippen LogP contribution in [0.4, 0.5) is 5.82 Å². The zero-order valence-electron chi connectivity index (χ0n) is 8.76. The number of nitrogens with two attached hydrogens (primary N) is 1. The first-order chi connectivity index (χ1) is 7.15. The molecule has 0 radical (unpaired) electrons. The van der Waals surface area contributed by atoms with Crippen LogP contribution in [0.25, 0.3) is 0 Å². The highest BCUT2D eigenvalue weighted by Crippen LogP contribution is 2.09. The van der Waals surface area contributed by atoms with Gasteiger partial charge in [-0.1, -0.05) is 11.8 Å². The van der Waals surface area contributed by atoms with Crippen LogP contribution in [0.1, 0.15) is 24.6 Å². The van der Waals surface area contributed by atoms with Crippen molar-refractivity contribution in [1.29, 1.82) is 0 Å². The number of nitrogen functional groups attached to an aromatic ring is 1. The number of hydrogen-bond donors (Lipinski definition) is 2. The minimum Gasteiger partial charge on any atom is -0.465 e. The minimum atomic E-state index is -0.329. The molecule has 15 heavy (non-hydrogen) atoms. The van der Waals surface area contributed by atoms with Crippen molar-refractivity contribution < 1.29 is 9.53 Å². The zero-order chi connectivity index (χ0) is 11.3. The first-order valence-electron chi connectivity index (χ1n) is 4.60. The van der Waals surface area contributed by atoms with E-state index in [0.717, 1.165) is 5.69 Å². The molecule has 0 atom stereocenters. The summed E-state index contributed by atoms with van der Waals surface area (Å²) in [6, 6.07) is 0. The van der Waals surface area contributed by atoms with Crippen molar-refractivity contribution in [3.63, 3.8) is 0 Å². The third kappa shape index (κ3) is 3.02. The van der Waals surface area contributed by atoms with Crippen molar-refractivity contribution in [2.24, 2.45) is 0 Å². The molecule has 5 nitrogen and oxygen atoms in total. The number of carbonyl (C=O) groups excluding carboxylic acids is 1. The molecule has 0 aromatic carbocycles. The Hall–Kier alpha value is -1.96. The summed E-state index contributed by atoms with van der Waals surface area (Å²) in [6.07, 6.45) is 0.0674. The molecule has 0 fully saturated rings. The van der Waals surface area contributed by atoms with Gasteiger partial charge in [0, 0.05) is 5.69 Å². The molecule has 0 unspecified atom stereocenters. The van der Waals surface area contributed by atoms with Crippen molar-refractivity contribution in [2.45, 2.75) is 20.3 Å². The Kier molecular flexibility index (Phi) is 3.75. The Morgan fingerprint density at radius 2 is 2.40 bits per heavy atom. The van der Waals surface area contributed by atoms with Gasteiger partial charge in [-0.25, -0.2) is 0 Å². The van der Waals surface area contributed by atoms with Crippen LogP contribution in [0.5, 0.6) is 0 Å². The number of H-pyrrole nitrogens is 1. The quantitative estimate of drug-likeness (QED) is 0.549. The van der Waals surface area contributed by atoms with Gasteiger partial charge >= 0.3 is 5.97 Å². The van der Waals surface area contributed by atoms with Crippen molar-refractivity contribution in [3.05, 3.63) is 11.3 Å². The van der Waals surface area contributed by atoms with E-state index in [1.807, 2.05) is 6.92 Å². The number of esters is 1. The summed E-state index contributed by atoms with van der Waals surface area (Å²) in [5.41, 5.74) is 6.99. The largest absolute Gasteiger partial charge is 0.465 e. The molecule has 0 saturated heterocycles. The Morgan fingerprint density at radius 1 is 1.67 bits per heavy atom. The predicted molar refractivity (Wildman–Crippen MR) is 55.9 cm³/mol. The van der Waals surface area contributed by atoms with Crippen LogP contribution in [0.15, 0.2) is 0 Å². The molecule has 5 heteroatoms. The van der Waals surface area contributed by atoms with Crippen LogP contribution in [-0.4, -0.2) is 22.8 Å². The number of aryl methyl sites for hydroxylation is 1. The molecule has 0 aliphatic rings. The van der Waals surface area contributed by atoms with E-state index in [0.29, 0.717) is 18.0 Å². The lowest BCUT2D eigenvalue weighted by atomic mass is 10.2. The van der Waals surface area contributed by atoms with Gasteiger partial charge < -0.3 is 10.5 Å². The Bertz CT molecular complexity index is 393. The lowest BCUT2D eigenvalue weighted by Crippen LogP contribution is -2.01. The van der Waals surface area contributed by atoms with E-state index in [1.165, 1.54) is 0 Å². The molecule has 80 valence electrons. The Labute approximate surface area is 88.0 Å². The second-order valence-electron chi connectivity index (χ2n) is 2.89. The molecular formula is C10H13N3O2. The summed E-state index contributed by atoms with van der Waals surface area (Å²) < 4.78 is 4.73. The van der Waals surface area contributed by atoms with E-state index in [1.54, 1.807) is 6.92 Å². The summed E-state index contributed by atoms with van der Waals surface area (Å²) in [5, 5.41) is 6.49. The van der Waals surface area contributed by atoms with Crippen LogP contribution in [-0.2, 0) is 9.53 Å². The Balaban J connectivity index is 2.62. The summed E-state index contributed by atoms with van der Waals surface area (Å²) in [7, 11) is 0. The van der Waals surface area contributed by atoms with Crippen molar-refractivity contribution in [2.75, 3.05) is 12.3 Å². The van der Waals surface area contributed by atoms with Gasteiger partial charge in [-0.05, 0) is 13.8 Å². The van der Waals surface area contributed by atoms with E-state index >= 15 is 0 Å². The fourth-order valence-electron chi connectivity index (χ4n) is 1.02. The van der Waals surface area contributed by atoms with Crippen LogP contribution in [0, 0.1) is 18.8 Å². The maximum atomic E-state index is 11.0. The summed E-state index contributed by atoms with van der Waals surface area (Å²) in [5.74, 6) is 5.49. The molecule has 0 amide bonds. The predicted octanol–water partition coefficient (Wildman–Crippen LogP) is 0.605. The van der Waals surface area contributed by atoms with E-state index in [-0.39, 0.29) is 12.4 Å². The van der Waals surface area contributed by atoms with Crippen LogP contribution >= 0.6 is 0 Å². The fraction of sp³-hybridized carbons (Fsp3) is 0.400.